The number of aromatic nitrogens is 2. The topological polar surface area (TPSA) is 29.9 Å². The van der Waals surface area contributed by atoms with Crippen molar-refractivity contribution in [2.45, 2.75) is 65.1 Å². The summed E-state index contributed by atoms with van der Waals surface area (Å²) in [5.41, 5.74) is 3.66. The lowest BCUT2D eigenvalue weighted by Crippen LogP contribution is -2.27. The summed E-state index contributed by atoms with van der Waals surface area (Å²) in [7, 11) is 0. The van der Waals surface area contributed by atoms with Crippen LogP contribution in [-0.4, -0.2) is 15.6 Å². The van der Waals surface area contributed by atoms with Crippen LogP contribution < -0.4 is 5.32 Å². The van der Waals surface area contributed by atoms with Crippen LogP contribution in [0.1, 0.15) is 57.0 Å². The summed E-state index contributed by atoms with van der Waals surface area (Å²) in [4.78, 5) is 4.86. The van der Waals surface area contributed by atoms with Crippen LogP contribution in [-0.2, 0) is 6.54 Å². The Balaban J connectivity index is 1.89. The Labute approximate surface area is 121 Å². The second-order valence-corrected chi connectivity index (χ2v) is 6.35. The van der Waals surface area contributed by atoms with Gasteiger partial charge in [-0.05, 0) is 51.3 Å². The van der Waals surface area contributed by atoms with Gasteiger partial charge in [-0.15, -0.1) is 0 Å². The van der Waals surface area contributed by atoms with Crippen molar-refractivity contribution in [3.8, 4) is 0 Å². The van der Waals surface area contributed by atoms with Crippen molar-refractivity contribution >= 4 is 11.0 Å². The quantitative estimate of drug-likeness (QED) is 0.912. The molecular formula is C17H25N3. The third-order valence-corrected chi connectivity index (χ3v) is 4.34. The second-order valence-electron chi connectivity index (χ2n) is 6.35. The van der Waals surface area contributed by atoms with Gasteiger partial charge in [0, 0.05) is 12.1 Å². The molecule has 1 aromatic heterocycles. The van der Waals surface area contributed by atoms with Gasteiger partial charge < -0.3 is 9.88 Å². The number of nitrogens with zero attached hydrogens (tertiary/aromatic N) is 2. The van der Waals surface area contributed by atoms with E-state index in [1.54, 1.807) is 0 Å². The number of fused-ring (bicyclic) bond motifs is 1. The fourth-order valence-corrected chi connectivity index (χ4v) is 3.33. The van der Waals surface area contributed by atoms with Gasteiger partial charge in [-0.3, -0.25) is 0 Å². The van der Waals surface area contributed by atoms with E-state index in [4.69, 9.17) is 4.98 Å². The molecule has 3 nitrogen and oxygen atoms in total. The average Bonchev–Trinajstić information content (AvgIpc) is 3.02. The summed E-state index contributed by atoms with van der Waals surface area (Å²) in [6.07, 6.45) is 5.39. The van der Waals surface area contributed by atoms with Gasteiger partial charge in [0.05, 0.1) is 17.6 Å². The van der Waals surface area contributed by atoms with Crippen LogP contribution in [0, 0.1) is 6.92 Å². The minimum atomic E-state index is 0.447. The highest BCUT2D eigenvalue weighted by atomic mass is 15.1. The third-order valence-electron chi connectivity index (χ3n) is 4.34. The summed E-state index contributed by atoms with van der Waals surface area (Å²) < 4.78 is 2.37. The molecule has 0 spiro atoms. The predicted molar refractivity (Wildman–Crippen MR) is 84.0 cm³/mol. The average molecular weight is 271 g/mol. The zero-order valence-corrected chi connectivity index (χ0v) is 12.8. The molecule has 1 saturated carbocycles. The zero-order valence-electron chi connectivity index (χ0n) is 12.8. The maximum atomic E-state index is 4.86. The molecule has 1 aliphatic carbocycles. The normalized spacial score (nSPS) is 16.6. The van der Waals surface area contributed by atoms with E-state index < -0.39 is 0 Å². The van der Waals surface area contributed by atoms with Crippen molar-refractivity contribution in [2.75, 3.05) is 0 Å². The first-order chi connectivity index (χ1) is 9.65. The Morgan fingerprint density at radius 3 is 2.75 bits per heavy atom. The molecule has 2 aromatic rings. The second kappa shape index (κ2) is 5.57. The number of rotatable bonds is 4. The van der Waals surface area contributed by atoms with E-state index >= 15 is 0 Å². The molecule has 108 valence electrons. The molecule has 1 heterocycles. The fourth-order valence-electron chi connectivity index (χ4n) is 3.33. The largest absolute Gasteiger partial charge is 0.324 e. The molecule has 0 radical (unpaired) electrons. The van der Waals surface area contributed by atoms with Crippen LogP contribution >= 0.6 is 0 Å². The highest BCUT2D eigenvalue weighted by Gasteiger charge is 2.17. The lowest BCUT2D eigenvalue weighted by Gasteiger charge is -2.16. The number of hydrogen-bond donors (Lipinski definition) is 1. The highest BCUT2D eigenvalue weighted by Crippen LogP contribution is 2.23. The molecule has 0 bridgehead atoms. The Hall–Kier alpha value is -1.35. The van der Waals surface area contributed by atoms with Crippen molar-refractivity contribution < 1.29 is 0 Å². The van der Waals surface area contributed by atoms with Crippen molar-refractivity contribution in [3.05, 3.63) is 29.6 Å². The summed E-state index contributed by atoms with van der Waals surface area (Å²) >= 11 is 0. The Morgan fingerprint density at radius 2 is 2.05 bits per heavy atom. The van der Waals surface area contributed by atoms with Gasteiger partial charge in [0.25, 0.3) is 0 Å². The molecule has 0 unspecified atom stereocenters. The number of aryl methyl sites for hydroxylation is 1. The number of hydrogen-bond acceptors (Lipinski definition) is 2. The highest BCUT2D eigenvalue weighted by molar-refractivity contribution is 5.77. The van der Waals surface area contributed by atoms with E-state index in [0.717, 1.165) is 12.1 Å². The maximum absolute atomic E-state index is 4.86. The lowest BCUT2D eigenvalue weighted by molar-refractivity contribution is 0.489. The lowest BCUT2D eigenvalue weighted by atomic mass is 10.2. The van der Waals surface area contributed by atoms with Crippen LogP contribution in [0.5, 0.6) is 0 Å². The van der Waals surface area contributed by atoms with Crippen LogP contribution in [0.4, 0.5) is 0 Å². The Morgan fingerprint density at radius 1 is 1.30 bits per heavy atom. The molecule has 1 aromatic carbocycles. The van der Waals surface area contributed by atoms with Gasteiger partial charge in [-0.2, -0.15) is 0 Å². The van der Waals surface area contributed by atoms with Gasteiger partial charge in [0.15, 0.2) is 0 Å². The molecule has 0 amide bonds. The van der Waals surface area contributed by atoms with E-state index in [1.807, 2.05) is 0 Å². The van der Waals surface area contributed by atoms with Gasteiger partial charge >= 0.3 is 0 Å². The monoisotopic (exact) mass is 271 g/mol. The summed E-state index contributed by atoms with van der Waals surface area (Å²) in [6.45, 7) is 7.49. The summed E-state index contributed by atoms with van der Waals surface area (Å²) in [6, 6.07) is 7.71. The summed E-state index contributed by atoms with van der Waals surface area (Å²) in [5, 5.41) is 3.69. The number of imidazole rings is 1. The van der Waals surface area contributed by atoms with Gasteiger partial charge in [-0.1, -0.05) is 18.9 Å². The molecule has 1 aliphatic rings. The molecule has 3 heteroatoms. The SMILES string of the molecule is Cc1ccc2c(c1)nc(CNC1CCCC1)n2C(C)C. The molecular weight excluding hydrogens is 246 g/mol. The molecule has 20 heavy (non-hydrogen) atoms. The smallest absolute Gasteiger partial charge is 0.124 e. The van der Waals surface area contributed by atoms with Crippen LogP contribution in [0.15, 0.2) is 18.2 Å². The standard InChI is InChI=1S/C17H25N3/c1-12(2)20-16-9-8-13(3)10-15(16)19-17(20)11-18-14-6-4-5-7-14/h8-10,12,14,18H,4-7,11H2,1-3H3. The fraction of sp³-hybridized carbons (Fsp3) is 0.588. The molecule has 0 saturated heterocycles. The van der Waals surface area contributed by atoms with E-state index in [-0.39, 0.29) is 0 Å². The number of nitrogens with one attached hydrogen (secondary N) is 1. The van der Waals surface area contributed by atoms with E-state index in [1.165, 1.54) is 42.6 Å². The first-order valence-corrected chi connectivity index (χ1v) is 7.86. The first-order valence-electron chi connectivity index (χ1n) is 7.86. The Kier molecular flexibility index (Phi) is 3.79. The van der Waals surface area contributed by atoms with E-state index in [0.29, 0.717) is 12.1 Å². The first kappa shape index (κ1) is 13.6. The van der Waals surface area contributed by atoms with Crippen molar-refractivity contribution in [1.29, 1.82) is 0 Å². The van der Waals surface area contributed by atoms with Gasteiger partial charge in [-0.25, -0.2) is 4.98 Å². The molecule has 0 atom stereocenters. The zero-order chi connectivity index (χ0) is 14.1. The van der Waals surface area contributed by atoms with Gasteiger partial charge in [0.2, 0.25) is 0 Å². The van der Waals surface area contributed by atoms with Crippen molar-refractivity contribution in [3.63, 3.8) is 0 Å². The van der Waals surface area contributed by atoms with E-state index in [2.05, 4.69) is 48.9 Å². The van der Waals surface area contributed by atoms with Crippen molar-refractivity contribution in [1.82, 2.24) is 14.9 Å². The molecule has 0 aliphatic heterocycles. The minimum Gasteiger partial charge on any atom is -0.324 e. The predicted octanol–water partition coefficient (Wildman–Crippen LogP) is 3.96. The third kappa shape index (κ3) is 2.59. The van der Waals surface area contributed by atoms with E-state index in [9.17, 15) is 0 Å². The van der Waals surface area contributed by atoms with Crippen LogP contribution in [0.25, 0.3) is 11.0 Å². The van der Waals surface area contributed by atoms with Crippen LogP contribution in [0.3, 0.4) is 0 Å². The van der Waals surface area contributed by atoms with Gasteiger partial charge in [0.1, 0.15) is 5.82 Å². The van der Waals surface area contributed by atoms with Crippen LogP contribution in [0.2, 0.25) is 0 Å². The minimum absolute atomic E-state index is 0.447. The van der Waals surface area contributed by atoms with Crippen molar-refractivity contribution in [2.24, 2.45) is 0 Å². The molecule has 1 N–H and O–H groups in total. The summed E-state index contributed by atoms with van der Waals surface area (Å²) in [5.74, 6) is 1.17. The molecule has 1 fully saturated rings. The number of benzene rings is 1. The Bertz CT molecular complexity index is 592. The maximum Gasteiger partial charge on any atom is 0.124 e. The molecule has 3 rings (SSSR count).